The van der Waals surface area contributed by atoms with Crippen molar-refractivity contribution in [2.24, 2.45) is 10.7 Å². The molecule has 1 saturated heterocycles. The quantitative estimate of drug-likeness (QED) is 0.424. The molecule has 0 amide bonds. The Balaban J connectivity index is 0.00000208. The van der Waals surface area contributed by atoms with E-state index >= 15 is 0 Å². The Labute approximate surface area is 163 Å². The second kappa shape index (κ2) is 9.61. The minimum Gasteiger partial charge on any atom is -0.370 e. The summed E-state index contributed by atoms with van der Waals surface area (Å²) >= 11 is 0. The van der Waals surface area contributed by atoms with Gasteiger partial charge in [0.1, 0.15) is 0 Å². The van der Waals surface area contributed by atoms with E-state index in [4.69, 9.17) is 5.73 Å². The lowest BCUT2D eigenvalue weighted by atomic mass is 9.90. The molecule has 1 fully saturated rings. The van der Waals surface area contributed by atoms with Crippen molar-refractivity contribution < 1.29 is 0 Å². The molecule has 134 valence electrons. The van der Waals surface area contributed by atoms with Gasteiger partial charge in [0.15, 0.2) is 5.96 Å². The number of aliphatic imine (C=N–C) groups is 1. The van der Waals surface area contributed by atoms with E-state index in [-0.39, 0.29) is 24.0 Å². The Morgan fingerprint density at radius 1 is 1.25 bits per heavy atom. The molecule has 1 aliphatic heterocycles. The summed E-state index contributed by atoms with van der Waals surface area (Å²) in [5.74, 6) is 0.550. The summed E-state index contributed by atoms with van der Waals surface area (Å²) in [6.45, 7) is 5.31. The molecule has 1 aliphatic carbocycles. The minimum absolute atomic E-state index is 0. The first-order chi connectivity index (χ1) is 11.2. The standard InChI is InChI=1S/C19H30N4.HI/c1-15-7-4-5-13-23(15)14-12-21-19(20)22-18-11-6-9-16-8-2-3-10-17(16)18;/h6,9,11,15H,2-5,7-8,10,12-14H2,1H3,(H3,20,21,22);1H. The average Bonchev–Trinajstić information content (AvgIpc) is 2.57. The number of piperidine rings is 1. The first-order valence-electron chi connectivity index (χ1n) is 9.16. The number of nitrogens with zero attached hydrogens (tertiary/aromatic N) is 2. The van der Waals surface area contributed by atoms with E-state index in [1.807, 2.05) is 0 Å². The molecule has 5 heteroatoms. The molecule has 0 radical (unpaired) electrons. The topological polar surface area (TPSA) is 53.6 Å². The molecule has 4 nitrogen and oxygen atoms in total. The number of guanidine groups is 1. The largest absolute Gasteiger partial charge is 0.370 e. The Morgan fingerprint density at radius 2 is 2.08 bits per heavy atom. The number of rotatable bonds is 4. The average molecular weight is 442 g/mol. The highest BCUT2D eigenvalue weighted by molar-refractivity contribution is 14.0. The van der Waals surface area contributed by atoms with Crippen molar-refractivity contribution in [2.75, 3.05) is 25.0 Å². The van der Waals surface area contributed by atoms with Gasteiger partial charge in [-0.05, 0) is 69.2 Å². The normalized spacial score (nSPS) is 21.7. The van der Waals surface area contributed by atoms with Gasteiger partial charge in [-0.2, -0.15) is 0 Å². The van der Waals surface area contributed by atoms with Gasteiger partial charge in [-0.3, -0.25) is 9.89 Å². The second-order valence-electron chi connectivity index (χ2n) is 6.92. The summed E-state index contributed by atoms with van der Waals surface area (Å²) in [5, 5.41) is 3.33. The third-order valence-corrected chi connectivity index (χ3v) is 5.27. The van der Waals surface area contributed by atoms with Crippen molar-refractivity contribution in [1.29, 1.82) is 0 Å². The van der Waals surface area contributed by atoms with E-state index in [1.54, 1.807) is 0 Å². The number of halogens is 1. The molecule has 2 aliphatic rings. The van der Waals surface area contributed by atoms with Gasteiger partial charge >= 0.3 is 0 Å². The van der Waals surface area contributed by atoms with Crippen molar-refractivity contribution in [3.05, 3.63) is 29.3 Å². The lowest BCUT2D eigenvalue weighted by molar-refractivity contribution is 0.166. The van der Waals surface area contributed by atoms with Crippen LogP contribution in [-0.2, 0) is 12.8 Å². The number of likely N-dealkylation sites (tertiary alicyclic amines) is 1. The van der Waals surface area contributed by atoms with Crippen molar-refractivity contribution in [2.45, 2.75) is 57.9 Å². The van der Waals surface area contributed by atoms with Crippen LogP contribution in [0.25, 0.3) is 0 Å². The van der Waals surface area contributed by atoms with E-state index in [9.17, 15) is 0 Å². The van der Waals surface area contributed by atoms with Gasteiger partial charge in [-0.1, -0.05) is 18.6 Å². The molecule has 0 bridgehead atoms. The number of hydrogen-bond donors (Lipinski definition) is 2. The lowest BCUT2D eigenvalue weighted by Crippen LogP contribution is -2.39. The maximum Gasteiger partial charge on any atom is 0.193 e. The molecule has 1 heterocycles. The zero-order valence-electron chi connectivity index (χ0n) is 14.8. The smallest absolute Gasteiger partial charge is 0.193 e. The van der Waals surface area contributed by atoms with Gasteiger partial charge in [0.2, 0.25) is 0 Å². The highest BCUT2D eigenvalue weighted by atomic mass is 127. The molecule has 0 spiro atoms. The SMILES string of the molecule is CC1CCCCN1CCN=C(N)Nc1cccc2c1CCCC2.I. The fraction of sp³-hybridized carbons (Fsp3) is 0.632. The first kappa shape index (κ1) is 19.5. The van der Waals surface area contributed by atoms with Crippen LogP contribution in [0.4, 0.5) is 5.69 Å². The van der Waals surface area contributed by atoms with Crippen molar-refractivity contribution >= 4 is 35.6 Å². The number of nitrogens with two attached hydrogens (primary N) is 1. The van der Waals surface area contributed by atoms with Crippen LogP contribution in [0.1, 0.15) is 50.2 Å². The number of aryl methyl sites for hydroxylation is 1. The van der Waals surface area contributed by atoms with Crippen LogP contribution >= 0.6 is 24.0 Å². The van der Waals surface area contributed by atoms with Gasteiger partial charge in [-0.15, -0.1) is 24.0 Å². The Bertz CT molecular complexity index is 558. The van der Waals surface area contributed by atoms with Gasteiger partial charge in [-0.25, -0.2) is 0 Å². The third kappa shape index (κ3) is 5.09. The zero-order valence-corrected chi connectivity index (χ0v) is 17.1. The summed E-state index contributed by atoms with van der Waals surface area (Å²) in [6.07, 6.45) is 8.91. The fourth-order valence-corrected chi connectivity index (χ4v) is 3.86. The summed E-state index contributed by atoms with van der Waals surface area (Å²) < 4.78 is 0. The number of nitrogens with one attached hydrogen (secondary N) is 1. The van der Waals surface area contributed by atoms with E-state index in [0.717, 1.165) is 25.2 Å². The molecular formula is C19H31IN4. The molecular weight excluding hydrogens is 411 g/mol. The Morgan fingerprint density at radius 3 is 2.92 bits per heavy atom. The van der Waals surface area contributed by atoms with Crippen molar-refractivity contribution in [3.63, 3.8) is 0 Å². The van der Waals surface area contributed by atoms with E-state index in [1.165, 1.54) is 56.2 Å². The number of benzene rings is 1. The van der Waals surface area contributed by atoms with E-state index in [0.29, 0.717) is 12.0 Å². The number of anilines is 1. The van der Waals surface area contributed by atoms with Crippen LogP contribution < -0.4 is 11.1 Å². The number of hydrogen-bond acceptors (Lipinski definition) is 2. The maximum atomic E-state index is 6.11. The van der Waals surface area contributed by atoms with E-state index in [2.05, 4.69) is 40.3 Å². The van der Waals surface area contributed by atoms with E-state index < -0.39 is 0 Å². The van der Waals surface area contributed by atoms with Gasteiger partial charge in [0.05, 0.1) is 6.54 Å². The Kier molecular flexibility index (Phi) is 7.81. The molecule has 1 atom stereocenters. The predicted octanol–water partition coefficient (Wildman–Crippen LogP) is 3.78. The summed E-state index contributed by atoms with van der Waals surface area (Å²) in [4.78, 5) is 7.07. The molecule has 24 heavy (non-hydrogen) atoms. The molecule has 0 aromatic heterocycles. The van der Waals surface area contributed by atoms with Crippen LogP contribution in [0.2, 0.25) is 0 Å². The van der Waals surface area contributed by atoms with Crippen molar-refractivity contribution in [1.82, 2.24) is 4.90 Å². The minimum atomic E-state index is 0. The van der Waals surface area contributed by atoms with Crippen LogP contribution in [0.3, 0.4) is 0 Å². The van der Waals surface area contributed by atoms with Crippen LogP contribution in [-0.4, -0.2) is 36.5 Å². The molecule has 3 N–H and O–H groups in total. The fourth-order valence-electron chi connectivity index (χ4n) is 3.86. The molecule has 3 rings (SSSR count). The first-order valence-corrected chi connectivity index (χ1v) is 9.16. The van der Waals surface area contributed by atoms with Crippen molar-refractivity contribution in [3.8, 4) is 0 Å². The highest BCUT2D eigenvalue weighted by Gasteiger charge is 2.17. The van der Waals surface area contributed by atoms with Crippen LogP contribution in [0.5, 0.6) is 0 Å². The van der Waals surface area contributed by atoms with Crippen LogP contribution in [0.15, 0.2) is 23.2 Å². The second-order valence-corrected chi connectivity index (χ2v) is 6.92. The van der Waals surface area contributed by atoms with Gasteiger partial charge in [0.25, 0.3) is 0 Å². The van der Waals surface area contributed by atoms with Crippen LogP contribution in [0, 0.1) is 0 Å². The van der Waals surface area contributed by atoms with Gasteiger partial charge in [0, 0.05) is 18.3 Å². The third-order valence-electron chi connectivity index (χ3n) is 5.27. The van der Waals surface area contributed by atoms with Gasteiger partial charge < -0.3 is 11.1 Å². The molecule has 1 unspecified atom stereocenters. The summed E-state index contributed by atoms with van der Waals surface area (Å²) in [7, 11) is 0. The summed E-state index contributed by atoms with van der Waals surface area (Å²) in [6, 6.07) is 7.17. The summed E-state index contributed by atoms with van der Waals surface area (Å²) in [5.41, 5.74) is 10.2. The monoisotopic (exact) mass is 442 g/mol. The molecule has 0 saturated carbocycles. The highest BCUT2D eigenvalue weighted by Crippen LogP contribution is 2.27. The predicted molar refractivity (Wildman–Crippen MR) is 113 cm³/mol. The maximum absolute atomic E-state index is 6.11. The lowest BCUT2D eigenvalue weighted by Gasteiger charge is -2.32. The molecule has 1 aromatic rings. The number of fused-ring (bicyclic) bond motifs is 1. The molecule has 1 aromatic carbocycles. The zero-order chi connectivity index (χ0) is 16.1. The Hall–Kier alpha value is -0.820.